The van der Waals surface area contributed by atoms with Crippen LogP contribution in [0.3, 0.4) is 0 Å². The molecule has 0 unspecified atom stereocenters. The minimum Gasteiger partial charge on any atom is -0.361 e. The number of benzene rings is 1. The third-order valence-electron chi connectivity index (χ3n) is 5.43. The summed E-state index contributed by atoms with van der Waals surface area (Å²) in [6, 6.07) is 10.2. The molecule has 2 heterocycles. The van der Waals surface area contributed by atoms with Crippen LogP contribution in [0, 0.1) is 5.92 Å². The predicted molar refractivity (Wildman–Crippen MR) is 92.9 cm³/mol. The minimum absolute atomic E-state index is 0.439. The van der Waals surface area contributed by atoms with Gasteiger partial charge in [0.25, 0.3) is 0 Å². The maximum Gasteiger partial charge on any atom is 0.0497 e. The highest BCUT2D eigenvalue weighted by molar-refractivity contribution is 5.83. The van der Waals surface area contributed by atoms with Crippen molar-refractivity contribution in [3.63, 3.8) is 0 Å². The first kappa shape index (κ1) is 13.8. The molecule has 0 spiro atoms. The molecule has 1 saturated heterocycles. The molecule has 0 amide bonds. The van der Waals surface area contributed by atoms with Crippen molar-refractivity contribution in [2.45, 2.75) is 44.8 Å². The number of nitrogens with one attached hydrogen (secondary N) is 1. The lowest BCUT2D eigenvalue weighted by Gasteiger charge is -2.32. The van der Waals surface area contributed by atoms with Crippen molar-refractivity contribution in [1.82, 2.24) is 9.88 Å². The van der Waals surface area contributed by atoms with Gasteiger partial charge >= 0.3 is 0 Å². The molecule has 4 rings (SSSR count). The molecule has 1 aliphatic heterocycles. The highest BCUT2D eigenvalue weighted by Gasteiger charge is 2.45. The molecular weight excluding hydrogens is 268 g/mol. The van der Waals surface area contributed by atoms with Crippen LogP contribution in [0.15, 0.2) is 54.8 Å². The number of para-hydroxylation sites is 1. The molecule has 1 fully saturated rings. The molecule has 114 valence electrons. The second kappa shape index (κ2) is 5.13. The number of hydrogen-bond acceptors (Lipinski definition) is 1. The summed E-state index contributed by atoms with van der Waals surface area (Å²) >= 11 is 0. The quantitative estimate of drug-likeness (QED) is 0.836. The van der Waals surface area contributed by atoms with E-state index in [2.05, 4.69) is 72.9 Å². The summed E-state index contributed by atoms with van der Waals surface area (Å²) in [5.74, 6) is 0.603. The molecular formula is C20H24N2. The molecule has 2 aromatic rings. The van der Waals surface area contributed by atoms with E-state index in [1.165, 1.54) is 22.0 Å². The number of hydrogen-bond donors (Lipinski definition) is 1. The van der Waals surface area contributed by atoms with E-state index in [1.807, 2.05) is 0 Å². The standard InChI is InChI=1S/C20H24N2/c1-13(2)22-19-10-6-8-16(14(19)3)20(22)11-15-12-21-18-9-5-4-7-17(15)18/h4-7,9-10,12-13,16,19-21H,3,8,11H2,1-2H3/t16-,19+,20-/m1/s1. The van der Waals surface area contributed by atoms with E-state index in [4.69, 9.17) is 0 Å². The minimum atomic E-state index is 0.439. The lowest BCUT2D eigenvalue weighted by molar-refractivity contribution is 0.160. The Morgan fingerprint density at radius 3 is 2.95 bits per heavy atom. The van der Waals surface area contributed by atoms with Crippen LogP contribution in [0.4, 0.5) is 0 Å². The summed E-state index contributed by atoms with van der Waals surface area (Å²) in [5, 5.41) is 1.37. The van der Waals surface area contributed by atoms with Gasteiger partial charge in [0.05, 0.1) is 0 Å². The molecule has 3 atom stereocenters. The smallest absolute Gasteiger partial charge is 0.0497 e. The van der Waals surface area contributed by atoms with E-state index in [-0.39, 0.29) is 0 Å². The van der Waals surface area contributed by atoms with E-state index in [0.717, 1.165) is 12.8 Å². The number of aromatic amines is 1. The van der Waals surface area contributed by atoms with Crippen LogP contribution in [-0.4, -0.2) is 28.0 Å². The summed E-state index contributed by atoms with van der Waals surface area (Å²) in [6.07, 6.45) is 9.15. The maximum absolute atomic E-state index is 4.41. The van der Waals surface area contributed by atoms with E-state index >= 15 is 0 Å². The summed E-state index contributed by atoms with van der Waals surface area (Å²) in [7, 11) is 0. The Bertz CT molecular complexity index is 737. The fourth-order valence-electron chi connectivity index (χ4n) is 4.44. The van der Waals surface area contributed by atoms with Gasteiger partial charge in [-0.2, -0.15) is 0 Å². The van der Waals surface area contributed by atoms with Gasteiger partial charge in [0.1, 0.15) is 0 Å². The molecule has 1 aromatic heterocycles. The molecule has 1 aliphatic carbocycles. The Hall–Kier alpha value is -1.80. The average Bonchev–Trinajstić information content (AvgIpc) is 2.94. The zero-order valence-corrected chi connectivity index (χ0v) is 13.4. The topological polar surface area (TPSA) is 19.0 Å². The van der Waals surface area contributed by atoms with Gasteiger partial charge in [0, 0.05) is 41.1 Å². The monoisotopic (exact) mass is 292 g/mol. The second-order valence-electron chi connectivity index (χ2n) is 6.96. The van der Waals surface area contributed by atoms with Crippen molar-refractivity contribution < 1.29 is 0 Å². The second-order valence-corrected chi connectivity index (χ2v) is 6.96. The van der Waals surface area contributed by atoms with Crippen molar-refractivity contribution in [2.75, 3.05) is 0 Å². The molecule has 2 heteroatoms. The van der Waals surface area contributed by atoms with Crippen molar-refractivity contribution in [3.05, 3.63) is 60.3 Å². The predicted octanol–water partition coefficient (Wildman–Crippen LogP) is 4.30. The summed E-state index contributed by atoms with van der Waals surface area (Å²) in [5.41, 5.74) is 4.10. The SMILES string of the molecule is C=C1[C@H]2CC=C[C@@H]1N(C(C)C)[C@@H]2Cc1c[nH]c2ccccc12. The van der Waals surface area contributed by atoms with E-state index in [1.54, 1.807) is 0 Å². The number of H-pyrrole nitrogens is 1. The Morgan fingerprint density at radius 2 is 2.14 bits per heavy atom. The van der Waals surface area contributed by atoms with Crippen molar-refractivity contribution in [2.24, 2.45) is 5.92 Å². The summed E-state index contributed by atoms with van der Waals surface area (Å²) in [6.45, 7) is 9.03. The Kier molecular flexibility index (Phi) is 3.23. The number of nitrogens with zero attached hydrogens (tertiary/aromatic N) is 1. The first-order chi connectivity index (χ1) is 10.7. The van der Waals surface area contributed by atoms with Crippen LogP contribution < -0.4 is 0 Å². The van der Waals surface area contributed by atoms with Crippen molar-refractivity contribution in [1.29, 1.82) is 0 Å². The van der Waals surface area contributed by atoms with Gasteiger partial charge in [-0.3, -0.25) is 4.90 Å². The fraction of sp³-hybridized carbons (Fsp3) is 0.400. The molecule has 2 nitrogen and oxygen atoms in total. The first-order valence-corrected chi connectivity index (χ1v) is 8.34. The molecule has 0 saturated carbocycles. The van der Waals surface area contributed by atoms with Gasteiger partial charge in [-0.25, -0.2) is 0 Å². The van der Waals surface area contributed by atoms with Crippen LogP contribution in [0.1, 0.15) is 25.8 Å². The lowest BCUT2D eigenvalue weighted by Crippen LogP contribution is -2.42. The van der Waals surface area contributed by atoms with Crippen LogP contribution in [-0.2, 0) is 6.42 Å². The molecule has 1 aromatic carbocycles. The highest BCUT2D eigenvalue weighted by atomic mass is 15.2. The fourth-order valence-corrected chi connectivity index (χ4v) is 4.44. The van der Waals surface area contributed by atoms with Gasteiger partial charge < -0.3 is 4.98 Å². The zero-order chi connectivity index (χ0) is 15.3. The van der Waals surface area contributed by atoms with E-state index < -0.39 is 0 Å². The Morgan fingerprint density at radius 1 is 1.32 bits per heavy atom. The summed E-state index contributed by atoms with van der Waals surface area (Å²) < 4.78 is 0. The molecule has 22 heavy (non-hydrogen) atoms. The highest BCUT2D eigenvalue weighted by Crippen LogP contribution is 2.43. The number of aromatic nitrogens is 1. The van der Waals surface area contributed by atoms with Gasteiger partial charge in [0.2, 0.25) is 0 Å². The van der Waals surface area contributed by atoms with Crippen LogP contribution in [0.25, 0.3) is 10.9 Å². The number of allylic oxidation sites excluding steroid dienone is 1. The largest absolute Gasteiger partial charge is 0.361 e. The normalized spacial score (nSPS) is 28.1. The number of likely N-dealkylation sites (tertiary alicyclic amines) is 1. The number of rotatable bonds is 3. The van der Waals surface area contributed by atoms with Gasteiger partial charge in [-0.1, -0.05) is 42.5 Å². The van der Waals surface area contributed by atoms with Gasteiger partial charge in [-0.05, 0) is 38.3 Å². The third kappa shape index (κ3) is 1.98. The number of fused-ring (bicyclic) bond motifs is 3. The van der Waals surface area contributed by atoms with Crippen LogP contribution in [0.2, 0.25) is 0 Å². The zero-order valence-electron chi connectivity index (χ0n) is 13.4. The van der Waals surface area contributed by atoms with E-state index in [9.17, 15) is 0 Å². The van der Waals surface area contributed by atoms with Gasteiger partial charge in [0.15, 0.2) is 0 Å². The molecule has 2 aliphatic rings. The third-order valence-corrected chi connectivity index (χ3v) is 5.43. The lowest BCUT2D eigenvalue weighted by atomic mass is 9.85. The van der Waals surface area contributed by atoms with Gasteiger partial charge in [-0.15, -0.1) is 0 Å². The molecule has 1 N–H and O–H groups in total. The molecule has 0 radical (unpaired) electrons. The molecule has 2 bridgehead atoms. The Labute approximate surface area is 132 Å². The summed E-state index contributed by atoms with van der Waals surface area (Å²) in [4.78, 5) is 6.09. The Balaban J connectivity index is 1.71. The van der Waals surface area contributed by atoms with Crippen molar-refractivity contribution >= 4 is 10.9 Å². The maximum atomic E-state index is 4.41. The average molecular weight is 292 g/mol. The van der Waals surface area contributed by atoms with Crippen molar-refractivity contribution in [3.8, 4) is 0 Å². The van der Waals surface area contributed by atoms with Crippen LogP contribution in [0.5, 0.6) is 0 Å². The van der Waals surface area contributed by atoms with E-state index in [0.29, 0.717) is 24.0 Å². The first-order valence-electron chi connectivity index (χ1n) is 8.34. The van der Waals surface area contributed by atoms with Crippen LogP contribution >= 0.6 is 0 Å².